The Labute approximate surface area is 118 Å². The molecule has 3 nitrogen and oxygen atoms in total. The highest BCUT2D eigenvalue weighted by Gasteiger charge is 2.45. The predicted molar refractivity (Wildman–Crippen MR) is 76.3 cm³/mol. The lowest BCUT2D eigenvalue weighted by Gasteiger charge is -2.40. The van der Waals surface area contributed by atoms with E-state index in [1.807, 2.05) is 25.2 Å². The zero-order valence-electron chi connectivity index (χ0n) is 11.8. The average Bonchev–Trinajstić information content (AvgIpc) is 3.13. The molecule has 1 unspecified atom stereocenters. The SMILES string of the molecule is COC(C)(C)C(=O)N1CCc2sccc2C1C1CC1. The average molecular weight is 279 g/mol. The van der Waals surface area contributed by atoms with Crippen LogP contribution in [0, 0.1) is 5.92 Å². The number of thiophene rings is 1. The molecule has 0 N–H and O–H groups in total. The Hall–Kier alpha value is -0.870. The van der Waals surface area contributed by atoms with Gasteiger partial charge < -0.3 is 9.64 Å². The molecule has 0 spiro atoms. The molecule has 104 valence electrons. The highest BCUT2D eigenvalue weighted by molar-refractivity contribution is 7.10. The maximum absolute atomic E-state index is 12.7. The second-order valence-electron chi connectivity index (χ2n) is 6.04. The number of ether oxygens (including phenoxy) is 1. The third-order valence-corrected chi connectivity index (χ3v) is 5.37. The number of rotatable bonds is 3. The van der Waals surface area contributed by atoms with Gasteiger partial charge in [-0.1, -0.05) is 0 Å². The molecule has 1 amide bonds. The van der Waals surface area contributed by atoms with Crippen LogP contribution in [0.4, 0.5) is 0 Å². The number of carbonyl (C=O) groups is 1. The molecule has 1 atom stereocenters. The van der Waals surface area contributed by atoms with Gasteiger partial charge in [0.2, 0.25) is 0 Å². The third-order valence-electron chi connectivity index (χ3n) is 4.37. The minimum atomic E-state index is -0.722. The molecule has 4 heteroatoms. The molecule has 19 heavy (non-hydrogen) atoms. The fourth-order valence-electron chi connectivity index (χ4n) is 2.93. The van der Waals surface area contributed by atoms with Crippen molar-refractivity contribution in [1.29, 1.82) is 0 Å². The predicted octanol–water partition coefficient (Wildman–Crippen LogP) is 3.01. The van der Waals surface area contributed by atoms with E-state index in [2.05, 4.69) is 16.3 Å². The van der Waals surface area contributed by atoms with Gasteiger partial charge in [0.25, 0.3) is 5.91 Å². The van der Waals surface area contributed by atoms with Crippen LogP contribution < -0.4 is 0 Å². The molecule has 1 fully saturated rings. The molecule has 2 aliphatic rings. The summed E-state index contributed by atoms with van der Waals surface area (Å²) in [6, 6.07) is 2.50. The second-order valence-corrected chi connectivity index (χ2v) is 7.05. The van der Waals surface area contributed by atoms with Crippen LogP contribution >= 0.6 is 11.3 Å². The van der Waals surface area contributed by atoms with Crippen LogP contribution in [0.25, 0.3) is 0 Å². The zero-order valence-corrected chi connectivity index (χ0v) is 12.6. The maximum atomic E-state index is 12.7. The quantitative estimate of drug-likeness (QED) is 0.851. The summed E-state index contributed by atoms with van der Waals surface area (Å²) >= 11 is 1.83. The van der Waals surface area contributed by atoms with Gasteiger partial charge in [0.05, 0.1) is 6.04 Å². The molecule has 1 aliphatic carbocycles. The number of hydrogen-bond acceptors (Lipinski definition) is 3. The lowest BCUT2D eigenvalue weighted by Crippen LogP contribution is -2.50. The summed E-state index contributed by atoms with van der Waals surface area (Å²) in [6.45, 7) is 4.56. The maximum Gasteiger partial charge on any atom is 0.254 e. The number of fused-ring (bicyclic) bond motifs is 1. The molecule has 1 saturated carbocycles. The number of methoxy groups -OCH3 is 1. The first kappa shape index (κ1) is 13.1. The van der Waals surface area contributed by atoms with Crippen LogP contribution in [-0.2, 0) is 16.0 Å². The monoisotopic (exact) mass is 279 g/mol. The van der Waals surface area contributed by atoms with Crippen LogP contribution in [0.3, 0.4) is 0 Å². The number of amides is 1. The lowest BCUT2D eigenvalue weighted by atomic mass is 9.93. The van der Waals surface area contributed by atoms with Gasteiger partial charge in [-0.25, -0.2) is 0 Å². The van der Waals surface area contributed by atoms with E-state index in [0.717, 1.165) is 13.0 Å². The van der Waals surface area contributed by atoms with Crippen LogP contribution in [-0.4, -0.2) is 30.1 Å². The summed E-state index contributed by atoms with van der Waals surface area (Å²) < 4.78 is 5.38. The third kappa shape index (κ3) is 2.21. The van der Waals surface area contributed by atoms with Crippen LogP contribution in [0.15, 0.2) is 11.4 Å². The molecule has 0 saturated heterocycles. The van der Waals surface area contributed by atoms with Crippen molar-refractivity contribution in [3.8, 4) is 0 Å². The first-order valence-corrected chi connectivity index (χ1v) is 7.85. The van der Waals surface area contributed by atoms with Crippen molar-refractivity contribution >= 4 is 17.2 Å². The smallest absolute Gasteiger partial charge is 0.254 e. The Morgan fingerprint density at radius 1 is 1.47 bits per heavy atom. The van der Waals surface area contributed by atoms with Crippen LogP contribution in [0.5, 0.6) is 0 Å². The van der Waals surface area contributed by atoms with Gasteiger partial charge in [0, 0.05) is 18.5 Å². The summed E-state index contributed by atoms with van der Waals surface area (Å²) in [5.74, 6) is 0.786. The van der Waals surface area contributed by atoms with Gasteiger partial charge >= 0.3 is 0 Å². The molecule has 0 radical (unpaired) electrons. The van der Waals surface area contributed by atoms with E-state index >= 15 is 0 Å². The summed E-state index contributed by atoms with van der Waals surface area (Å²) in [6.07, 6.45) is 3.48. The first-order chi connectivity index (χ1) is 9.04. The van der Waals surface area contributed by atoms with Crippen molar-refractivity contribution in [1.82, 2.24) is 4.90 Å². The molecule has 3 rings (SSSR count). The van der Waals surface area contributed by atoms with Gasteiger partial charge in [0.1, 0.15) is 5.60 Å². The zero-order chi connectivity index (χ0) is 13.6. The topological polar surface area (TPSA) is 29.5 Å². The molecular weight excluding hydrogens is 258 g/mol. The summed E-state index contributed by atoms with van der Waals surface area (Å²) in [7, 11) is 1.62. The van der Waals surface area contributed by atoms with Crippen molar-refractivity contribution in [2.75, 3.05) is 13.7 Å². The fourth-order valence-corrected chi connectivity index (χ4v) is 3.84. The number of nitrogens with zero attached hydrogens (tertiary/aromatic N) is 1. The summed E-state index contributed by atoms with van der Waals surface area (Å²) in [5.41, 5.74) is 0.666. The number of hydrogen-bond donors (Lipinski definition) is 0. The Morgan fingerprint density at radius 3 is 2.84 bits per heavy atom. The van der Waals surface area contributed by atoms with E-state index < -0.39 is 5.60 Å². The molecule has 0 aromatic carbocycles. The van der Waals surface area contributed by atoms with E-state index in [-0.39, 0.29) is 11.9 Å². The standard InChI is InChI=1S/C15H21NO2S/c1-15(2,18-3)14(17)16-8-6-12-11(7-9-19-12)13(16)10-4-5-10/h7,9-10,13H,4-6,8H2,1-3H3. The van der Waals surface area contributed by atoms with E-state index in [1.165, 1.54) is 23.3 Å². The van der Waals surface area contributed by atoms with Crippen LogP contribution in [0.2, 0.25) is 0 Å². The normalized spacial score (nSPS) is 23.3. The molecule has 1 aromatic rings. The molecule has 2 heterocycles. The summed E-state index contributed by atoms with van der Waals surface area (Å²) in [4.78, 5) is 16.3. The van der Waals surface area contributed by atoms with Crippen molar-refractivity contribution in [3.63, 3.8) is 0 Å². The van der Waals surface area contributed by atoms with Crippen molar-refractivity contribution < 1.29 is 9.53 Å². The van der Waals surface area contributed by atoms with E-state index in [4.69, 9.17) is 4.74 Å². The largest absolute Gasteiger partial charge is 0.369 e. The highest BCUT2D eigenvalue weighted by atomic mass is 32.1. The van der Waals surface area contributed by atoms with Gasteiger partial charge in [-0.2, -0.15) is 0 Å². The minimum absolute atomic E-state index is 0.128. The van der Waals surface area contributed by atoms with Gasteiger partial charge in [0.15, 0.2) is 0 Å². The summed E-state index contributed by atoms with van der Waals surface area (Å²) in [5, 5.41) is 2.16. The van der Waals surface area contributed by atoms with E-state index in [0.29, 0.717) is 5.92 Å². The second kappa shape index (κ2) is 4.60. The van der Waals surface area contributed by atoms with E-state index in [9.17, 15) is 4.79 Å². The molecule has 1 aromatic heterocycles. The van der Waals surface area contributed by atoms with Gasteiger partial charge in [-0.05, 0) is 56.0 Å². The highest BCUT2D eigenvalue weighted by Crippen LogP contribution is 2.48. The fraction of sp³-hybridized carbons (Fsp3) is 0.667. The van der Waals surface area contributed by atoms with Crippen LogP contribution in [0.1, 0.15) is 43.2 Å². The molecule has 0 bridgehead atoms. The Bertz CT molecular complexity index is 490. The van der Waals surface area contributed by atoms with Gasteiger partial charge in [-0.3, -0.25) is 4.79 Å². The molecule has 1 aliphatic heterocycles. The molecular formula is C15H21NO2S. The Balaban J connectivity index is 1.92. The number of carbonyl (C=O) groups excluding carboxylic acids is 1. The van der Waals surface area contributed by atoms with Crippen molar-refractivity contribution in [3.05, 3.63) is 21.9 Å². The minimum Gasteiger partial charge on any atom is -0.369 e. The van der Waals surface area contributed by atoms with Gasteiger partial charge in [-0.15, -0.1) is 11.3 Å². The van der Waals surface area contributed by atoms with Crippen molar-refractivity contribution in [2.24, 2.45) is 5.92 Å². The Morgan fingerprint density at radius 2 is 2.21 bits per heavy atom. The van der Waals surface area contributed by atoms with E-state index in [1.54, 1.807) is 7.11 Å². The van der Waals surface area contributed by atoms with Crippen molar-refractivity contribution in [2.45, 2.75) is 44.8 Å². The Kier molecular flexibility index (Phi) is 3.18. The first-order valence-electron chi connectivity index (χ1n) is 6.97. The lowest BCUT2D eigenvalue weighted by molar-refractivity contribution is -0.154.